The van der Waals surface area contributed by atoms with Crippen LogP contribution in [-0.4, -0.2) is 5.25 Å². The van der Waals surface area contributed by atoms with Crippen LogP contribution in [0.5, 0.6) is 0 Å². The Morgan fingerprint density at radius 2 is 1.50 bits per heavy atom. The zero-order chi connectivity index (χ0) is 14.2. The molecule has 3 rings (SSSR count). The summed E-state index contributed by atoms with van der Waals surface area (Å²) in [5, 5.41) is 0.943. The predicted molar refractivity (Wildman–Crippen MR) is 91.8 cm³/mol. The Kier molecular flexibility index (Phi) is 8.39. The van der Waals surface area contributed by atoms with Crippen molar-refractivity contribution in [3.63, 3.8) is 0 Å². The second-order valence-electron chi connectivity index (χ2n) is 6.06. The van der Waals surface area contributed by atoms with Crippen LogP contribution in [0.25, 0.3) is 0 Å². The number of fused-ring (bicyclic) bond motifs is 2. The average molecular weight is 392 g/mol. The summed E-state index contributed by atoms with van der Waals surface area (Å²) < 4.78 is 0. The second-order valence-corrected chi connectivity index (χ2v) is 15.1. The molecule has 116 valence electrons. The van der Waals surface area contributed by atoms with Crippen LogP contribution in [0.2, 0.25) is 0 Å². The van der Waals surface area contributed by atoms with E-state index in [0.717, 1.165) is 28.9 Å². The predicted octanol–water partition coefficient (Wildman–Crippen LogP) is 6.98. The van der Waals surface area contributed by atoms with E-state index in [1.165, 1.54) is 25.7 Å². The Labute approximate surface area is 146 Å². The van der Waals surface area contributed by atoms with E-state index in [4.69, 9.17) is 27.9 Å². The molecular weight excluding hydrogens is 366 g/mol. The number of halogens is 3. The van der Waals surface area contributed by atoms with Gasteiger partial charge in [-0.2, -0.15) is 0 Å². The maximum atomic E-state index is 4.97. The van der Waals surface area contributed by atoms with Gasteiger partial charge in [0.25, 0.3) is 0 Å². The number of thioether (sulfide) groups is 1. The second kappa shape index (κ2) is 8.51. The van der Waals surface area contributed by atoms with Gasteiger partial charge in [0, 0.05) is 5.25 Å². The van der Waals surface area contributed by atoms with E-state index in [0.29, 0.717) is 0 Å². The summed E-state index contributed by atoms with van der Waals surface area (Å²) in [6, 6.07) is 0. The van der Waals surface area contributed by atoms with E-state index in [1.54, 1.807) is 0 Å². The van der Waals surface area contributed by atoms with Gasteiger partial charge in [-0.15, -0.1) is 11.8 Å². The first-order chi connectivity index (χ1) is 8.93. The van der Waals surface area contributed by atoms with Gasteiger partial charge in [-0.05, 0) is 54.3 Å². The summed E-state index contributed by atoms with van der Waals surface area (Å²) in [5.41, 5.74) is 1.89. The third-order valence-electron chi connectivity index (χ3n) is 5.24. The van der Waals surface area contributed by atoms with E-state index >= 15 is 0 Å². The van der Waals surface area contributed by atoms with E-state index in [9.17, 15) is 0 Å². The van der Waals surface area contributed by atoms with Crippen molar-refractivity contribution in [1.29, 1.82) is 0 Å². The van der Waals surface area contributed by atoms with Gasteiger partial charge < -0.3 is 7.43 Å². The standard InChI is InChI=1S/C14H22S.CH3.3ClH.Ti/c1-8-9(2)13-11-6-4-5-7-12(11)15-14(13)10(8)3;;;;;/h8-10,13-14H,4-7H2,1-3H3;1H3;3*1H;/q;-1;;;;+4/p-3. The fourth-order valence-electron chi connectivity index (χ4n) is 3.98. The molecule has 0 aromatic rings. The molecule has 1 saturated carbocycles. The van der Waals surface area contributed by atoms with Crippen LogP contribution in [-0.2, 0) is 14.7 Å². The molecule has 5 unspecified atom stereocenters. The summed E-state index contributed by atoms with van der Waals surface area (Å²) in [7, 11) is 14.9. The molecule has 0 nitrogen and oxygen atoms in total. The fraction of sp³-hybridized carbons (Fsp3) is 0.800. The molecule has 1 aliphatic heterocycles. The molecule has 0 aromatic carbocycles. The van der Waals surface area contributed by atoms with E-state index in [-0.39, 0.29) is 7.43 Å². The molecule has 3 aliphatic rings. The number of hydrogen-bond acceptors (Lipinski definition) is 1. The van der Waals surface area contributed by atoms with Crippen LogP contribution in [0, 0.1) is 31.1 Å². The van der Waals surface area contributed by atoms with E-state index < -0.39 is 14.7 Å². The monoisotopic (exact) mass is 390 g/mol. The molecule has 0 saturated heterocycles. The third kappa shape index (κ3) is 4.15. The SMILES string of the molecule is CC1C(C)C2SC3=C(CCCC3)C2C1C.[CH3-].[Cl][Ti+]([Cl])[Cl]. The van der Waals surface area contributed by atoms with E-state index in [2.05, 4.69) is 32.5 Å². The van der Waals surface area contributed by atoms with Crippen molar-refractivity contribution in [3.8, 4) is 0 Å². The van der Waals surface area contributed by atoms with Crippen molar-refractivity contribution in [3.05, 3.63) is 17.9 Å². The van der Waals surface area contributed by atoms with E-state index in [1.807, 2.05) is 10.5 Å². The number of rotatable bonds is 0. The van der Waals surface area contributed by atoms with Gasteiger partial charge in [-0.1, -0.05) is 26.3 Å². The summed E-state index contributed by atoms with van der Waals surface area (Å²) in [6.07, 6.45) is 5.73. The van der Waals surface area contributed by atoms with Crippen LogP contribution in [0.15, 0.2) is 10.5 Å². The molecule has 5 atom stereocenters. The Morgan fingerprint density at radius 3 is 2.10 bits per heavy atom. The van der Waals surface area contributed by atoms with Crippen molar-refractivity contribution in [2.75, 3.05) is 0 Å². The van der Waals surface area contributed by atoms with Crippen LogP contribution >= 0.6 is 39.7 Å². The first-order valence-corrected chi connectivity index (χ1v) is 14.5. The van der Waals surface area contributed by atoms with Gasteiger partial charge in [-0.3, -0.25) is 0 Å². The first kappa shape index (κ1) is 19.7. The van der Waals surface area contributed by atoms with Crippen molar-refractivity contribution < 1.29 is 14.7 Å². The third-order valence-corrected chi connectivity index (χ3v) is 6.98. The summed E-state index contributed by atoms with van der Waals surface area (Å²) in [5.74, 6) is 3.75. The molecule has 1 heterocycles. The van der Waals surface area contributed by atoms with Gasteiger partial charge in [0.15, 0.2) is 0 Å². The number of allylic oxidation sites excluding steroid dienone is 2. The molecule has 20 heavy (non-hydrogen) atoms. The van der Waals surface area contributed by atoms with Crippen molar-refractivity contribution >= 4 is 39.7 Å². The van der Waals surface area contributed by atoms with Gasteiger partial charge in [0.1, 0.15) is 0 Å². The Hall–Kier alpha value is 1.67. The minimum absolute atomic E-state index is 0. The van der Waals surface area contributed by atoms with Crippen molar-refractivity contribution in [1.82, 2.24) is 0 Å². The Bertz CT molecular complexity index is 356. The molecule has 0 radical (unpaired) electrons. The number of hydrogen-bond donors (Lipinski definition) is 0. The van der Waals surface area contributed by atoms with Crippen LogP contribution in [0.4, 0.5) is 0 Å². The van der Waals surface area contributed by atoms with Crippen molar-refractivity contribution in [2.45, 2.75) is 51.7 Å². The minimum atomic E-state index is -1.92. The molecule has 5 heteroatoms. The summed E-state index contributed by atoms with van der Waals surface area (Å²) in [6.45, 7) is 7.45. The molecular formula is C15H25Cl3STi. The Balaban J connectivity index is 0.000000359. The topological polar surface area (TPSA) is 0 Å². The molecule has 0 spiro atoms. The van der Waals surface area contributed by atoms with Crippen LogP contribution in [0.3, 0.4) is 0 Å². The molecule has 0 bridgehead atoms. The zero-order valence-electron chi connectivity index (χ0n) is 12.8. The molecule has 0 aromatic heterocycles. The normalized spacial score (nSPS) is 38.4. The molecule has 1 fully saturated rings. The summed E-state index contributed by atoms with van der Waals surface area (Å²) >= 11 is 0.344. The fourth-order valence-corrected chi connectivity index (χ4v) is 5.98. The van der Waals surface area contributed by atoms with Gasteiger partial charge >= 0.3 is 42.6 Å². The molecule has 2 aliphatic carbocycles. The molecule has 0 N–H and O–H groups in total. The molecule has 0 amide bonds. The average Bonchev–Trinajstić information content (AvgIpc) is 2.82. The zero-order valence-corrected chi connectivity index (χ0v) is 17.4. The van der Waals surface area contributed by atoms with Crippen molar-refractivity contribution in [2.24, 2.45) is 23.7 Å². The van der Waals surface area contributed by atoms with Gasteiger partial charge in [0.2, 0.25) is 0 Å². The van der Waals surface area contributed by atoms with Gasteiger partial charge in [0.05, 0.1) is 0 Å². The maximum absolute atomic E-state index is 4.97. The summed E-state index contributed by atoms with van der Waals surface area (Å²) in [4.78, 5) is 1.81. The Morgan fingerprint density at radius 1 is 0.950 bits per heavy atom. The quantitative estimate of drug-likeness (QED) is 0.317. The van der Waals surface area contributed by atoms with Gasteiger partial charge in [-0.25, -0.2) is 0 Å². The first-order valence-electron chi connectivity index (χ1n) is 7.15. The van der Waals surface area contributed by atoms with Crippen LogP contribution < -0.4 is 0 Å². The van der Waals surface area contributed by atoms with Crippen LogP contribution in [0.1, 0.15) is 46.5 Å².